The van der Waals surface area contributed by atoms with E-state index >= 15 is 0 Å². The molecule has 1 heterocycles. The second kappa shape index (κ2) is 6.66. The molecule has 2 atom stereocenters. The first kappa shape index (κ1) is 17.1. The lowest BCUT2D eigenvalue weighted by Gasteiger charge is -2.25. The highest BCUT2D eigenvalue weighted by molar-refractivity contribution is 7.98. The fraction of sp³-hybridized carbons (Fsp3) is 0.818. The largest absolute Gasteiger partial charge is 0.480 e. The number of rotatable bonds is 6. The number of thioether (sulfide) groups is 1. The first-order valence-electron chi connectivity index (χ1n) is 6.18. The van der Waals surface area contributed by atoms with Gasteiger partial charge in [0.25, 0.3) is 0 Å². The van der Waals surface area contributed by atoms with E-state index in [1.54, 1.807) is 6.92 Å². The molecule has 1 saturated heterocycles. The number of hydrogen-bond acceptors (Lipinski definition) is 5. The predicted molar refractivity (Wildman–Crippen MR) is 77.8 cm³/mol. The van der Waals surface area contributed by atoms with Gasteiger partial charge in [-0.15, -0.1) is 0 Å². The molecule has 0 saturated carbocycles. The van der Waals surface area contributed by atoms with Gasteiger partial charge in [0.2, 0.25) is 0 Å². The number of carbonyl (C=O) groups excluding carboxylic acids is 1. The number of carboxylic acids is 1. The van der Waals surface area contributed by atoms with Crippen molar-refractivity contribution in [2.24, 2.45) is 0 Å². The zero-order valence-corrected chi connectivity index (χ0v) is 13.1. The van der Waals surface area contributed by atoms with E-state index in [-0.39, 0.29) is 11.5 Å². The van der Waals surface area contributed by atoms with Crippen LogP contribution >= 0.6 is 11.8 Å². The van der Waals surface area contributed by atoms with Gasteiger partial charge in [0.05, 0.1) is 17.0 Å². The zero-order valence-electron chi connectivity index (χ0n) is 11.5. The standard InChI is InChI=1S/C11H20N2O5S2/c1-11(4-6-20(17,18)7-11)13-10(16)12-8(9(14)15)3-5-19-2/h8H,3-7H2,1-2H3,(H,14,15)(H2,12,13,16)/t8-,11?/m0/s1. The Labute approximate surface area is 122 Å². The van der Waals surface area contributed by atoms with Gasteiger partial charge in [-0.3, -0.25) is 0 Å². The molecule has 3 N–H and O–H groups in total. The maximum absolute atomic E-state index is 11.8. The van der Waals surface area contributed by atoms with Gasteiger partial charge in [-0.25, -0.2) is 18.0 Å². The van der Waals surface area contributed by atoms with Gasteiger partial charge in [0.1, 0.15) is 6.04 Å². The first-order valence-corrected chi connectivity index (χ1v) is 9.40. The Hall–Kier alpha value is -0.960. The number of carbonyl (C=O) groups is 2. The SMILES string of the molecule is CSCC[C@H](NC(=O)NC1(C)CCS(=O)(=O)C1)C(=O)O. The second-order valence-electron chi connectivity index (χ2n) is 5.17. The fourth-order valence-corrected chi connectivity index (χ4v) is 4.64. The van der Waals surface area contributed by atoms with E-state index in [4.69, 9.17) is 5.11 Å². The van der Waals surface area contributed by atoms with Gasteiger partial charge in [0.15, 0.2) is 9.84 Å². The topological polar surface area (TPSA) is 113 Å². The number of sulfone groups is 1. The Bertz CT molecular complexity index is 479. The average Bonchev–Trinajstić information content (AvgIpc) is 2.58. The summed E-state index contributed by atoms with van der Waals surface area (Å²) in [6.45, 7) is 1.65. The summed E-state index contributed by atoms with van der Waals surface area (Å²) in [7, 11) is -3.12. The lowest BCUT2D eigenvalue weighted by atomic mass is 10.0. The molecule has 0 aromatic carbocycles. The van der Waals surface area contributed by atoms with Gasteiger partial charge < -0.3 is 15.7 Å². The third-order valence-corrected chi connectivity index (χ3v) is 5.68. The molecular formula is C11H20N2O5S2. The average molecular weight is 324 g/mol. The van der Waals surface area contributed by atoms with Crippen molar-refractivity contribution >= 4 is 33.6 Å². The van der Waals surface area contributed by atoms with Crippen molar-refractivity contribution in [1.82, 2.24) is 10.6 Å². The summed E-state index contributed by atoms with van der Waals surface area (Å²) in [5.41, 5.74) is -0.828. The number of aliphatic carboxylic acids is 1. The Balaban J connectivity index is 2.56. The molecule has 7 nitrogen and oxygen atoms in total. The summed E-state index contributed by atoms with van der Waals surface area (Å²) in [6.07, 6.45) is 2.51. The Morgan fingerprint density at radius 2 is 2.10 bits per heavy atom. The molecule has 1 aliphatic rings. The zero-order chi connectivity index (χ0) is 15.4. The number of urea groups is 1. The monoisotopic (exact) mass is 324 g/mol. The number of carboxylic acid groups (broad SMARTS) is 1. The van der Waals surface area contributed by atoms with E-state index in [1.807, 2.05) is 6.26 Å². The predicted octanol–water partition coefficient (Wildman–Crippen LogP) is 0.0691. The van der Waals surface area contributed by atoms with Crippen LogP contribution in [0.5, 0.6) is 0 Å². The highest BCUT2D eigenvalue weighted by Gasteiger charge is 2.39. The normalized spacial score (nSPS) is 25.9. The quantitative estimate of drug-likeness (QED) is 0.637. The van der Waals surface area contributed by atoms with E-state index < -0.39 is 33.4 Å². The Morgan fingerprint density at radius 3 is 2.55 bits per heavy atom. The van der Waals surface area contributed by atoms with Crippen molar-refractivity contribution in [1.29, 1.82) is 0 Å². The highest BCUT2D eigenvalue weighted by Crippen LogP contribution is 2.22. The third kappa shape index (κ3) is 5.20. The van der Waals surface area contributed by atoms with Crippen LogP contribution in [0.1, 0.15) is 19.8 Å². The molecule has 0 spiro atoms. The summed E-state index contributed by atoms with van der Waals surface area (Å²) in [5, 5.41) is 14.0. The molecule has 0 aromatic heterocycles. The van der Waals surface area contributed by atoms with Crippen LogP contribution in [0.25, 0.3) is 0 Å². The molecule has 116 valence electrons. The van der Waals surface area contributed by atoms with Crippen LogP contribution in [0.3, 0.4) is 0 Å². The van der Waals surface area contributed by atoms with Gasteiger partial charge in [-0.05, 0) is 31.8 Å². The van der Waals surface area contributed by atoms with Crippen molar-refractivity contribution in [3.05, 3.63) is 0 Å². The van der Waals surface area contributed by atoms with Crippen molar-refractivity contribution < 1.29 is 23.1 Å². The molecule has 1 fully saturated rings. The van der Waals surface area contributed by atoms with Crippen LogP contribution < -0.4 is 10.6 Å². The molecule has 2 amide bonds. The maximum Gasteiger partial charge on any atom is 0.326 e. The van der Waals surface area contributed by atoms with Crippen LogP contribution in [0, 0.1) is 0 Å². The van der Waals surface area contributed by atoms with Crippen molar-refractivity contribution in [2.45, 2.75) is 31.3 Å². The highest BCUT2D eigenvalue weighted by atomic mass is 32.2. The van der Waals surface area contributed by atoms with Gasteiger partial charge in [-0.2, -0.15) is 11.8 Å². The molecule has 0 radical (unpaired) electrons. The van der Waals surface area contributed by atoms with Crippen LogP contribution in [0.4, 0.5) is 4.79 Å². The summed E-state index contributed by atoms with van der Waals surface area (Å²) in [5.74, 6) is -0.560. The molecule has 1 aliphatic heterocycles. The number of nitrogens with one attached hydrogen (secondary N) is 2. The first-order chi connectivity index (χ1) is 9.17. The third-order valence-electron chi connectivity index (χ3n) is 3.13. The van der Waals surface area contributed by atoms with E-state index in [1.165, 1.54) is 11.8 Å². The minimum absolute atomic E-state index is 0.0403. The van der Waals surface area contributed by atoms with Crippen molar-refractivity contribution in [3.8, 4) is 0 Å². The van der Waals surface area contributed by atoms with E-state index in [2.05, 4.69) is 10.6 Å². The van der Waals surface area contributed by atoms with Crippen LogP contribution in [-0.2, 0) is 14.6 Å². The smallest absolute Gasteiger partial charge is 0.326 e. The summed E-state index contributed by atoms with van der Waals surface area (Å²) >= 11 is 1.49. The van der Waals surface area contributed by atoms with Crippen LogP contribution in [0.15, 0.2) is 0 Å². The van der Waals surface area contributed by atoms with E-state index in [0.29, 0.717) is 18.6 Å². The molecule has 9 heteroatoms. The summed E-state index contributed by atoms with van der Waals surface area (Å²) in [6, 6.07) is -1.61. The Kier molecular flexibility index (Phi) is 5.69. The van der Waals surface area contributed by atoms with Crippen LogP contribution in [-0.4, -0.2) is 60.6 Å². The fourth-order valence-electron chi connectivity index (χ4n) is 2.07. The molecule has 0 aliphatic carbocycles. The maximum atomic E-state index is 11.8. The Morgan fingerprint density at radius 1 is 1.45 bits per heavy atom. The molecule has 0 bridgehead atoms. The lowest BCUT2D eigenvalue weighted by Crippen LogP contribution is -2.54. The molecular weight excluding hydrogens is 304 g/mol. The van der Waals surface area contributed by atoms with E-state index in [9.17, 15) is 18.0 Å². The second-order valence-corrected chi connectivity index (χ2v) is 8.34. The van der Waals surface area contributed by atoms with Gasteiger partial charge in [-0.1, -0.05) is 0 Å². The minimum atomic E-state index is -3.12. The van der Waals surface area contributed by atoms with E-state index in [0.717, 1.165) is 0 Å². The minimum Gasteiger partial charge on any atom is -0.480 e. The lowest BCUT2D eigenvalue weighted by molar-refractivity contribution is -0.139. The van der Waals surface area contributed by atoms with Crippen LogP contribution in [0.2, 0.25) is 0 Å². The number of amides is 2. The number of hydrogen-bond donors (Lipinski definition) is 3. The molecule has 1 rings (SSSR count). The summed E-state index contributed by atoms with van der Waals surface area (Å²) in [4.78, 5) is 22.8. The van der Waals surface area contributed by atoms with Crippen molar-refractivity contribution in [3.63, 3.8) is 0 Å². The molecule has 1 unspecified atom stereocenters. The van der Waals surface area contributed by atoms with Crippen molar-refractivity contribution in [2.75, 3.05) is 23.5 Å². The molecule has 0 aromatic rings. The van der Waals surface area contributed by atoms with Gasteiger partial charge >= 0.3 is 12.0 Å². The van der Waals surface area contributed by atoms with Gasteiger partial charge in [0, 0.05) is 0 Å². The summed E-state index contributed by atoms with van der Waals surface area (Å²) < 4.78 is 22.9. The molecule has 20 heavy (non-hydrogen) atoms.